The van der Waals surface area contributed by atoms with Crippen molar-refractivity contribution >= 4 is 6.03 Å². The Kier molecular flexibility index (Phi) is 4.08. The molecule has 0 radical (unpaired) electrons. The van der Waals surface area contributed by atoms with Crippen LogP contribution in [0.4, 0.5) is 4.79 Å². The number of aromatic nitrogens is 1. The number of nitrogens with one attached hydrogen (secondary N) is 2. The summed E-state index contributed by atoms with van der Waals surface area (Å²) in [5, 5.41) is 6.07. The SMILES string of the molecule is Cc1ccc(CCNC(=O)N[C@@H]2[C@H]3CCO[C@H]3C2(C)C)cn1. The molecule has 22 heavy (non-hydrogen) atoms. The molecule has 0 bridgehead atoms. The number of hydrogen-bond acceptors (Lipinski definition) is 3. The Bertz CT molecular complexity index is 541. The minimum absolute atomic E-state index is 0.0272. The van der Waals surface area contributed by atoms with Crippen molar-refractivity contribution in [3.8, 4) is 0 Å². The van der Waals surface area contributed by atoms with Crippen molar-refractivity contribution in [2.45, 2.75) is 45.8 Å². The number of carbonyl (C=O) groups is 1. The highest BCUT2D eigenvalue weighted by Crippen LogP contribution is 2.51. The van der Waals surface area contributed by atoms with Crippen molar-refractivity contribution in [3.05, 3.63) is 29.6 Å². The number of ether oxygens (including phenoxy) is 1. The molecule has 1 aromatic rings. The maximum absolute atomic E-state index is 12.1. The lowest BCUT2D eigenvalue weighted by Gasteiger charge is -2.54. The molecule has 1 saturated heterocycles. The molecule has 120 valence electrons. The predicted octanol–water partition coefficient (Wildman–Crippen LogP) is 2.05. The third-order valence-electron chi connectivity index (χ3n) is 5.06. The predicted molar refractivity (Wildman–Crippen MR) is 84.6 cm³/mol. The van der Waals surface area contributed by atoms with Crippen molar-refractivity contribution in [2.75, 3.05) is 13.2 Å². The Balaban J connectivity index is 1.44. The molecule has 0 spiro atoms. The number of aryl methyl sites for hydroxylation is 1. The van der Waals surface area contributed by atoms with E-state index in [4.69, 9.17) is 4.74 Å². The van der Waals surface area contributed by atoms with E-state index in [9.17, 15) is 4.79 Å². The topological polar surface area (TPSA) is 63.2 Å². The van der Waals surface area contributed by atoms with Gasteiger partial charge >= 0.3 is 6.03 Å². The van der Waals surface area contributed by atoms with Crippen LogP contribution in [0.15, 0.2) is 18.3 Å². The quantitative estimate of drug-likeness (QED) is 0.895. The van der Waals surface area contributed by atoms with Crippen LogP contribution in [-0.4, -0.2) is 36.3 Å². The number of rotatable bonds is 4. The zero-order chi connectivity index (χ0) is 15.7. The van der Waals surface area contributed by atoms with E-state index in [0.29, 0.717) is 18.6 Å². The van der Waals surface area contributed by atoms with Crippen LogP contribution in [0.3, 0.4) is 0 Å². The van der Waals surface area contributed by atoms with E-state index in [1.165, 1.54) is 0 Å². The minimum atomic E-state index is -0.0801. The summed E-state index contributed by atoms with van der Waals surface area (Å²) < 4.78 is 5.75. The fourth-order valence-electron chi connectivity index (χ4n) is 3.78. The Morgan fingerprint density at radius 1 is 1.45 bits per heavy atom. The van der Waals surface area contributed by atoms with Crippen LogP contribution in [0.25, 0.3) is 0 Å². The number of carbonyl (C=O) groups excluding carboxylic acids is 1. The monoisotopic (exact) mass is 303 g/mol. The van der Waals surface area contributed by atoms with Gasteiger partial charge in [-0.1, -0.05) is 19.9 Å². The van der Waals surface area contributed by atoms with E-state index in [0.717, 1.165) is 30.7 Å². The number of hydrogen-bond donors (Lipinski definition) is 2. The van der Waals surface area contributed by atoms with Crippen molar-refractivity contribution in [2.24, 2.45) is 11.3 Å². The second-order valence-corrected chi connectivity index (χ2v) is 7.00. The standard InChI is InChI=1S/C17H25N3O2/c1-11-4-5-12(10-19-11)6-8-18-16(21)20-14-13-7-9-22-15(13)17(14,2)3/h4-5,10,13-15H,6-9H2,1-3H3,(H2,18,20,21)/t13-,14-,15-/m1/s1. The van der Waals surface area contributed by atoms with Crippen LogP contribution in [-0.2, 0) is 11.2 Å². The molecule has 2 amide bonds. The van der Waals surface area contributed by atoms with Crippen LogP contribution < -0.4 is 10.6 Å². The first-order chi connectivity index (χ1) is 10.5. The summed E-state index contributed by atoms with van der Waals surface area (Å²) in [7, 11) is 0. The molecule has 1 aliphatic heterocycles. The molecule has 5 nitrogen and oxygen atoms in total. The van der Waals surface area contributed by atoms with Gasteiger partial charge in [-0.15, -0.1) is 0 Å². The highest BCUT2D eigenvalue weighted by molar-refractivity contribution is 5.74. The fourth-order valence-corrected chi connectivity index (χ4v) is 3.78. The Morgan fingerprint density at radius 3 is 3.00 bits per heavy atom. The smallest absolute Gasteiger partial charge is 0.315 e. The Hall–Kier alpha value is -1.62. The average Bonchev–Trinajstić information content (AvgIpc) is 2.94. The van der Waals surface area contributed by atoms with E-state index >= 15 is 0 Å². The van der Waals surface area contributed by atoms with Crippen LogP contribution in [0.1, 0.15) is 31.5 Å². The second-order valence-electron chi connectivity index (χ2n) is 7.00. The van der Waals surface area contributed by atoms with E-state index in [1.54, 1.807) is 0 Å². The molecule has 5 heteroatoms. The molecule has 2 N–H and O–H groups in total. The van der Waals surface area contributed by atoms with Gasteiger partial charge in [0.1, 0.15) is 0 Å². The lowest BCUT2D eigenvalue weighted by atomic mass is 9.57. The lowest BCUT2D eigenvalue weighted by molar-refractivity contribution is -0.108. The first-order valence-electron chi connectivity index (χ1n) is 8.06. The van der Waals surface area contributed by atoms with Gasteiger partial charge in [-0.25, -0.2) is 4.79 Å². The maximum Gasteiger partial charge on any atom is 0.315 e. The summed E-state index contributed by atoms with van der Waals surface area (Å²) in [5.41, 5.74) is 2.17. The molecular formula is C17H25N3O2. The first kappa shape index (κ1) is 15.3. The number of nitrogens with zero attached hydrogens (tertiary/aromatic N) is 1. The van der Waals surface area contributed by atoms with Crippen LogP contribution in [0, 0.1) is 18.3 Å². The van der Waals surface area contributed by atoms with Gasteiger partial charge in [0.05, 0.1) is 6.10 Å². The van der Waals surface area contributed by atoms with Gasteiger partial charge in [0.25, 0.3) is 0 Å². The molecule has 2 aliphatic rings. The van der Waals surface area contributed by atoms with Crippen LogP contribution >= 0.6 is 0 Å². The van der Waals surface area contributed by atoms with Gasteiger partial charge in [-0.05, 0) is 31.4 Å². The highest BCUT2D eigenvalue weighted by atomic mass is 16.5. The van der Waals surface area contributed by atoms with E-state index in [1.807, 2.05) is 19.2 Å². The average molecular weight is 303 g/mol. The molecule has 0 unspecified atom stereocenters. The highest BCUT2D eigenvalue weighted by Gasteiger charge is 2.59. The second kappa shape index (κ2) is 5.88. The van der Waals surface area contributed by atoms with Crippen molar-refractivity contribution in [3.63, 3.8) is 0 Å². The lowest BCUT2D eigenvalue weighted by Crippen LogP contribution is -2.67. The Morgan fingerprint density at radius 2 is 2.27 bits per heavy atom. The largest absolute Gasteiger partial charge is 0.377 e. The first-order valence-corrected chi connectivity index (χ1v) is 8.06. The molecule has 0 aromatic carbocycles. The summed E-state index contributed by atoms with van der Waals surface area (Å²) in [6.07, 6.45) is 4.01. The van der Waals surface area contributed by atoms with Crippen LogP contribution in [0.2, 0.25) is 0 Å². The molecule has 2 fully saturated rings. The normalized spacial score (nSPS) is 28.6. The van der Waals surface area contributed by atoms with Gasteiger partial charge < -0.3 is 15.4 Å². The number of fused-ring (bicyclic) bond motifs is 1. The molecule has 1 aliphatic carbocycles. The van der Waals surface area contributed by atoms with Crippen LogP contribution in [0.5, 0.6) is 0 Å². The van der Waals surface area contributed by atoms with Gasteiger partial charge in [-0.2, -0.15) is 0 Å². The number of amides is 2. The van der Waals surface area contributed by atoms with Gasteiger partial charge in [-0.3, -0.25) is 4.98 Å². The molecule has 3 rings (SSSR count). The molecule has 2 heterocycles. The molecule has 1 saturated carbocycles. The molecular weight excluding hydrogens is 278 g/mol. The fraction of sp³-hybridized carbons (Fsp3) is 0.647. The van der Waals surface area contributed by atoms with E-state index < -0.39 is 0 Å². The Labute approximate surface area is 131 Å². The van der Waals surface area contributed by atoms with E-state index in [-0.39, 0.29) is 17.5 Å². The van der Waals surface area contributed by atoms with Gasteiger partial charge in [0, 0.05) is 42.4 Å². The summed E-state index contributed by atoms with van der Waals surface area (Å²) >= 11 is 0. The van der Waals surface area contributed by atoms with Gasteiger partial charge in [0.15, 0.2) is 0 Å². The molecule has 3 atom stereocenters. The molecule has 1 aromatic heterocycles. The third-order valence-corrected chi connectivity index (χ3v) is 5.06. The minimum Gasteiger partial charge on any atom is -0.377 e. The summed E-state index contributed by atoms with van der Waals surface area (Å²) in [4.78, 5) is 16.3. The van der Waals surface area contributed by atoms with Crippen molar-refractivity contribution in [1.29, 1.82) is 0 Å². The zero-order valence-electron chi connectivity index (χ0n) is 13.6. The van der Waals surface area contributed by atoms with Gasteiger partial charge in [0.2, 0.25) is 0 Å². The number of pyridine rings is 1. The third kappa shape index (κ3) is 2.82. The zero-order valence-corrected chi connectivity index (χ0v) is 13.6. The maximum atomic E-state index is 12.1. The number of urea groups is 1. The van der Waals surface area contributed by atoms with Crippen molar-refractivity contribution in [1.82, 2.24) is 15.6 Å². The van der Waals surface area contributed by atoms with Crippen molar-refractivity contribution < 1.29 is 9.53 Å². The summed E-state index contributed by atoms with van der Waals surface area (Å²) in [6, 6.07) is 4.17. The summed E-state index contributed by atoms with van der Waals surface area (Å²) in [5.74, 6) is 0.474. The summed E-state index contributed by atoms with van der Waals surface area (Å²) in [6.45, 7) is 7.74. The van der Waals surface area contributed by atoms with E-state index in [2.05, 4.69) is 35.5 Å².